The number of aryl methyl sites for hydroxylation is 1. The Hall–Kier alpha value is -3.02. The molecule has 200 valence electrons. The van der Waals surface area contributed by atoms with Gasteiger partial charge in [-0.3, -0.25) is 9.59 Å². The lowest BCUT2D eigenvalue weighted by Crippen LogP contribution is -2.53. The smallest absolute Gasteiger partial charge is 0.261 e. The maximum atomic E-state index is 13.8. The first kappa shape index (κ1) is 28.0. The van der Waals surface area contributed by atoms with Crippen LogP contribution in [0.4, 0.5) is 0 Å². The van der Waals surface area contributed by atoms with E-state index >= 15 is 0 Å². The summed E-state index contributed by atoms with van der Waals surface area (Å²) in [6, 6.07) is 20.2. The molecule has 0 aliphatic heterocycles. The lowest BCUT2D eigenvalue weighted by atomic mass is 10.0. The monoisotopic (exact) mass is 552 g/mol. The molecule has 5 nitrogen and oxygen atoms in total. The molecule has 7 heteroatoms. The fraction of sp³-hybridized carbons (Fsp3) is 0.355. The van der Waals surface area contributed by atoms with Gasteiger partial charge in [-0.2, -0.15) is 0 Å². The molecule has 0 aromatic heterocycles. The number of halogens is 2. The Morgan fingerprint density at radius 3 is 2.39 bits per heavy atom. The van der Waals surface area contributed by atoms with Crippen LogP contribution in [0.1, 0.15) is 47.9 Å². The predicted octanol–water partition coefficient (Wildman–Crippen LogP) is 6.69. The van der Waals surface area contributed by atoms with Crippen LogP contribution >= 0.6 is 23.2 Å². The van der Waals surface area contributed by atoms with Gasteiger partial charge in [0.25, 0.3) is 5.91 Å². The van der Waals surface area contributed by atoms with Crippen LogP contribution in [0.3, 0.4) is 0 Å². The summed E-state index contributed by atoms with van der Waals surface area (Å²) >= 11 is 12.4. The van der Waals surface area contributed by atoms with E-state index in [1.165, 1.54) is 0 Å². The minimum Gasteiger partial charge on any atom is -0.483 e. The molecule has 38 heavy (non-hydrogen) atoms. The number of carbonyl (C=O) groups is 2. The van der Waals surface area contributed by atoms with Crippen molar-refractivity contribution >= 4 is 35.0 Å². The number of hydrogen-bond acceptors (Lipinski definition) is 3. The van der Waals surface area contributed by atoms with Gasteiger partial charge >= 0.3 is 0 Å². The second-order valence-corrected chi connectivity index (χ2v) is 10.8. The summed E-state index contributed by atoms with van der Waals surface area (Å²) in [6.45, 7) is 3.98. The van der Waals surface area contributed by atoms with Crippen LogP contribution < -0.4 is 10.1 Å². The number of carbonyl (C=O) groups excluding carboxylic acids is 2. The van der Waals surface area contributed by atoms with Crippen molar-refractivity contribution < 1.29 is 14.3 Å². The third kappa shape index (κ3) is 7.30. The van der Waals surface area contributed by atoms with Crippen LogP contribution in [-0.2, 0) is 22.6 Å². The molecule has 1 atom stereocenters. The van der Waals surface area contributed by atoms with Crippen molar-refractivity contribution in [1.82, 2.24) is 10.2 Å². The number of benzene rings is 3. The van der Waals surface area contributed by atoms with E-state index in [0.29, 0.717) is 22.2 Å². The molecular weight excluding hydrogens is 519 g/mol. The zero-order valence-electron chi connectivity index (χ0n) is 21.9. The van der Waals surface area contributed by atoms with Crippen molar-refractivity contribution in [3.63, 3.8) is 0 Å². The summed E-state index contributed by atoms with van der Waals surface area (Å²) in [4.78, 5) is 29.2. The average molecular weight is 554 g/mol. The highest BCUT2D eigenvalue weighted by molar-refractivity contribution is 6.42. The summed E-state index contributed by atoms with van der Waals surface area (Å²) in [5, 5.41) is 4.05. The summed E-state index contributed by atoms with van der Waals surface area (Å²) in [5.41, 5.74) is 3.82. The molecule has 3 aromatic carbocycles. The van der Waals surface area contributed by atoms with Gasteiger partial charge in [0.15, 0.2) is 6.61 Å². The molecular formula is C31H34Cl2N2O3. The zero-order valence-corrected chi connectivity index (χ0v) is 23.4. The van der Waals surface area contributed by atoms with Crippen molar-refractivity contribution in [2.45, 2.75) is 64.6 Å². The summed E-state index contributed by atoms with van der Waals surface area (Å²) in [7, 11) is 0. The number of ether oxygens (including phenoxy) is 1. The molecule has 1 N–H and O–H groups in total. The molecule has 0 heterocycles. The molecule has 4 rings (SSSR count). The minimum atomic E-state index is -0.720. The molecule has 1 aliphatic carbocycles. The van der Waals surface area contributed by atoms with E-state index in [1.807, 2.05) is 68.4 Å². The van der Waals surface area contributed by atoms with Gasteiger partial charge in [-0.15, -0.1) is 0 Å². The van der Waals surface area contributed by atoms with E-state index < -0.39 is 6.04 Å². The van der Waals surface area contributed by atoms with E-state index in [4.69, 9.17) is 27.9 Å². The van der Waals surface area contributed by atoms with E-state index in [9.17, 15) is 9.59 Å². The first-order chi connectivity index (χ1) is 18.3. The minimum absolute atomic E-state index is 0.133. The molecule has 1 aliphatic rings. The Balaban J connectivity index is 1.64. The van der Waals surface area contributed by atoms with Gasteiger partial charge in [-0.25, -0.2) is 0 Å². The molecule has 1 fully saturated rings. The Morgan fingerprint density at radius 1 is 0.947 bits per heavy atom. The average Bonchev–Trinajstić information content (AvgIpc) is 3.42. The summed E-state index contributed by atoms with van der Waals surface area (Å²) in [5.74, 6) is 0.225. The van der Waals surface area contributed by atoms with Gasteiger partial charge in [0.05, 0.1) is 10.0 Å². The van der Waals surface area contributed by atoms with E-state index in [0.717, 1.165) is 47.9 Å². The van der Waals surface area contributed by atoms with Crippen LogP contribution in [0.2, 0.25) is 10.0 Å². The number of nitrogens with one attached hydrogen (secondary N) is 1. The van der Waals surface area contributed by atoms with Crippen LogP contribution in [-0.4, -0.2) is 35.4 Å². The van der Waals surface area contributed by atoms with Crippen molar-refractivity contribution in [2.24, 2.45) is 0 Å². The highest BCUT2D eigenvalue weighted by Crippen LogP contribution is 2.26. The largest absolute Gasteiger partial charge is 0.483 e. The fourth-order valence-electron chi connectivity index (χ4n) is 4.86. The third-order valence-corrected chi connectivity index (χ3v) is 7.95. The number of amides is 2. The Kier molecular flexibility index (Phi) is 9.70. The number of hydrogen-bond donors (Lipinski definition) is 1. The summed E-state index contributed by atoms with van der Waals surface area (Å²) < 4.78 is 5.98. The molecule has 2 amide bonds. The van der Waals surface area contributed by atoms with Gasteiger partial charge in [0.2, 0.25) is 5.91 Å². The van der Waals surface area contributed by atoms with Crippen LogP contribution in [0.25, 0.3) is 0 Å². The lowest BCUT2D eigenvalue weighted by Gasteiger charge is -2.32. The molecule has 0 bridgehead atoms. The second-order valence-electron chi connectivity index (χ2n) is 9.95. The molecule has 1 saturated carbocycles. The maximum absolute atomic E-state index is 13.8. The van der Waals surface area contributed by atoms with Crippen LogP contribution in [0, 0.1) is 13.8 Å². The van der Waals surface area contributed by atoms with E-state index in [2.05, 4.69) is 5.32 Å². The standard InChI is InChI=1S/C31H34Cl2N2O3/c1-21-9-8-14-29(22(21)2)38-20-30(36)35(19-24-15-16-26(32)27(33)17-24)28(18-23-10-4-3-5-11-23)31(37)34-25-12-6-7-13-25/h3-5,8-11,14-17,25,28H,6-7,12-13,18-20H2,1-2H3,(H,34,37)/t28-/m0/s1. The van der Waals surface area contributed by atoms with Gasteiger partial charge < -0.3 is 15.0 Å². The van der Waals surface area contributed by atoms with Gasteiger partial charge in [-0.1, -0.05) is 84.6 Å². The van der Waals surface area contributed by atoms with Crippen molar-refractivity contribution in [1.29, 1.82) is 0 Å². The predicted molar refractivity (Wildman–Crippen MR) is 153 cm³/mol. The summed E-state index contributed by atoms with van der Waals surface area (Å²) in [6.07, 6.45) is 4.50. The Labute approximate surface area is 235 Å². The fourth-order valence-corrected chi connectivity index (χ4v) is 5.18. The van der Waals surface area contributed by atoms with Crippen LogP contribution in [0.15, 0.2) is 66.7 Å². The molecule has 0 spiro atoms. The molecule has 3 aromatic rings. The topological polar surface area (TPSA) is 58.6 Å². The lowest BCUT2D eigenvalue weighted by molar-refractivity contribution is -0.143. The maximum Gasteiger partial charge on any atom is 0.261 e. The van der Waals surface area contributed by atoms with E-state index in [-0.39, 0.29) is 31.0 Å². The highest BCUT2D eigenvalue weighted by Gasteiger charge is 2.32. The zero-order chi connectivity index (χ0) is 27.1. The first-order valence-electron chi connectivity index (χ1n) is 13.1. The SMILES string of the molecule is Cc1cccc(OCC(=O)N(Cc2ccc(Cl)c(Cl)c2)[C@@H](Cc2ccccc2)C(=O)NC2CCCC2)c1C. The Bertz CT molecular complexity index is 1260. The van der Waals surface area contributed by atoms with Crippen molar-refractivity contribution in [3.05, 3.63) is 99.0 Å². The molecule has 0 unspecified atom stereocenters. The van der Waals surface area contributed by atoms with Gasteiger partial charge in [0, 0.05) is 19.0 Å². The number of rotatable bonds is 10. The Morgan fingerprint density at radius 2 is 1.68 bits per heavy atom. The van der Waals surface area contributed by atoms with Crippen LogP contribution in [0.5, 0.6) is 5.75 Å². The van der Waals surface area contributed by atoms with E-state index in [1.54, 1.807) is 17.0 Å². The first-order valence-corrected chi connectivity index (χ1v) is 13.8. The third-order valence-electron chi connectivity index (χ3n) is 7.22. The second kappa shape index (κ2) is 13.2. The van der Waals surface area contributed by atoms with Crippen molar-refractivity contribution in [2.75, 3.05) is 6.61 Å². The quantitative estimate of drug-likeness (QED) is 0.305. The molecule has 0 saturated heterocycles. The van der Waals surface area contributed by atoms with Crippen molar-refractivity contribution in [3.8, 4) is 5.75 Å². The highest BCUT2D eigenvalue weighted by atomic mass is 35.5. The molecule has 0 radical (unpaired) electrons. The normalized spacial score (nSPS) is 14.2. The van der Waals surface area contributed by atoms with Gasteiger partial charge in [0.1, 0.15) is 11.8 Å². The number of nitrogens with zero attached hydrogens (tertiary/aromatic N) is 1. The van der Waals surface area contributed by atoms with Gasteiger partial charge in [-0.05, 0) is 67.1 Å².